The third-order valence-corrected chi connectivity index (χ3v) is 1.56. The summed E-state index contributed by atoms with van der Waals surface area (Å²) in [5, 5.41) is 9.14. The van der Waals surface area contributed by atoms with E-state index in [1.165, 1.54) is 24.3 Å². The van der Waals surface area contributed by atoms with Crippen LogP contribution in [-0.4, -0.2) is 24.0 Å². The Morgan fingerprint density at radius 1 is 1.27 bits per heavy atom. The molecule has 0 bridgehead atoms. The van der Waals surface area contributed by atoms with Crippen LogP contribution in [0.1, 0.15) is 10.4 Å². The lowest BCUT2D eigenvalue weighted by Crippen LogP contribution is -2.11. The van der Waals surface area contributed by atoms with Gasteiger partial charge in [-0.2, -0.15) is 8.42 Å². The lowest BCUT2D eigenvalue weighted by Gasteiger charge is -2.01. The molecular formula is C7H6O7S. The molecule has 0 saturated heterocycles. The molecule has 0 atom stereocenters. The first-order valence-corrected chi connectivity index (χ1v) is 4.92. The summed E-state index contributed by atoms with van der Waals surface area (Å²) in [6.07, 6.45) is 0. The fraction of sp³-hybridized carbons (Fsp3) is 0. The number of carbonyl (C=O) groups is 1. The van der Waals surface area contributed by atoms with E-state index in [9.17, 15) is 13.2 Å². The van der Waals surface area contributed by atoms with Crippen molar-refractivity contribution in [2.24, 2.45) is 0 Å². The number of phenols is 1. The molecule has 1 aromatic rings. The number of hydrogen-bond acceptors (Lipinski definition) is 6. The van der Waals surface area contributed by atoms with Gasteiger partial charge < -0.3 is 5.11 Å². The number of para-hydroxylation sites is 1. The van der Waals surface area contributed by atoms with Crippen molar-refractivity contribution in [2.45, 2.75) is 0 Å². The Hall–Kier alpha value is -1.64. The summed E-state index contributed by atoms with van der Waals surface area (Å²) in [6, 6.07) is 5.26. The number of phenolic OH excluding ortho intramolecular Hbond substituents is 1. The van der Waals surface area contributed by atoms with Crippen LogP contribution in [-0.2, 0) is 19.6 Å². The van der Waals surface area contributed by atoms with Gasteiger partial charge in [-0.15, -0.1) is 0 Å². The zero-order chi connectivity index (χ0) is 11.5. The summed E-state index contributed by atoms with van der Waals surface area (Å²) in [5.74, 6) is -1.65. The molecule has 0 aromatic heterocycles. The molecular weight excluding hydrogens is 228 g/mol. The molecule has 0 unspecified atom stereocenters. The van der Waals surface area contributed by atoms with Gasteiger partial charge in [0, 0.05) is 0 Å². The highest BCUT2D eigenvalue weighted by atomic mass is 32.3. The molecule has 0 heterocycles. The molecule has 2 N–H and O–H groups in total. The third-order valence-electron chi connectivity index (χ3n) is 1.32. The van der Waals surface area contributed by atoms with Gasteiger partial charge in [-0.3, -0.25) is 9.44 Å². The van der Waals surface area contributed by atoms with Crippen molar-refractivity contribution in [1.29, 1.82) is 0 Å². The van der Waals surface area contributed by atoms with E-state index in [4.69, 9.17) is 9.66 Å². The Morgan fingerprint density at radius 2 is 1.87 bits per heavy atom. The van der Waals surface area contributed by atoms with Gasteiger partial charge in [-0.25, -0.2) is 4.79 Å². The summed E-state index contributed by atoms with van der Waals surface area (Å²) < 4.78 is 31.6. The van der Waals surface area contributed by atoms with E-state index < -0.39 is 22.1 Å². The molecule has 0 fully saturated rings. The zero-order valence-electron chi connectivity index (χ0n) is 7.15. The molecule has 0 aliphatic heterocycles. The van der Waals surface area contributed by atoms with Crippen LogP contribution in [0.2, 0.25) is 0 Å². The van der Waals surface area contributed by atoms with Gasteiger partial charge in [-0.1, -0.05) is 12.1 Å². The fourth-order valence-corrected chi connectivity index (χ4v) is 0.913. The Morgan fingerprint density at radius 3 is 2.40 bits per heavy atom. The minimum atomic E-state index is -4.86. The van der Waals surface area contributed by atoms with Crippen molar-refractivity contribution >= 4 is 16.4 Å². The SMILES string of the molecule is O=C(OOS(=O)(=O)O)c1ccccc1O. The molecule has 1 aromatic carbocycles. The van der Waals surface area contributed by atoms with Crippen LogP contribution in [0, 0.1) is 0 Å². The third kappa shape index (κ3) is 3.54. The predicted octanol–water partition coefficient (Wildman–Crippen LogP) is 0.283. The van der Waals surface area contributed by atoms with Gasteiger partial charge in [0.05, 0.1) is 0 Å². The number of benzene rings is 1. The van der Waals surface area contributed by atoms with Gasteiger partial charge in [0.25, 0.3) is 0 Å². The molecule has 15 heavy (non-hydrogen) atoms. The van der Waals surface area contributed by atoms with E-state index in [0.29, 0.717) is 0 Å². The molecule has 0 aliphatic carbocycles. The van der Waals surface area contributed by atoms with E-state index in [-0.39, 0.29) is 5.56 Å². The Labute approximate surface area is 84.7 Å². The normalized spacial score (nSPS) is 11.0. The van der Waals surface area contributed by atoms with E-state index in [1.807, 2.05) is 0 Å². The number of carbonyl (C=O) groups excluding carboxylic acids is 1. The summed E-state index contributed by atoms with van der Waals surface area (Å²) in [4.78, 5) is 14.8. The first-order valence-electron chi connectivity index (χ1n) is 3.56. The maximum atomic E-state index is 11.0. The van der Waals surface area contributed by atoms with Crippen molar-refractivity contribution in [3.8, 4) is 5.75 Å². The standard InChI is InChI=1S/C7H6O7S/c8-6-4-2-1-3-5(6)7(9)13-14-15(10,11)12/h1-4,8H,(H,10,11,12). The number of hydrogen-bond donors (Lipinski definition) is 2. The van der Waals surface area contributed by atoms with Crippen LogP contribution in [0.4, 0.5) is 0 Å². The summed E-state index contributed by atoms with van der Waals surface area (Å²) in [5.41, 5.74) is -0.291. The predicted molar refractivity (Wildman–Crippen MR) is 46.2 cm³/mol. The van der Waals surface area contributed by atoms with Crippen LogP contribution in [0.3, 0.4) is 0 Å². The van der Waals surface area contributed by atoms with Gasteiger partial charge in [0.15, 0.2) is 0 Å². The monoisotopic (exact) mass is 234 g/mol. The maximum absolute atomic E-state index is 11.0. The van der Waals surface area contributed by atoms with Crippen LogP contribution >= 0.6 is 0 Å². The minimum Gasteiger partial charge on any atom is -0.507 e. The van der Waals surface area contributed by atoms with Gasteiger partial charge in [0.2, 0.25) is 0 Å². The van der Waals surface area contributed by atoms with Crippen molar-refractivity contribution in [2.75, 3.05) is 0 Å². The quantitative estimate of drug-likeness (QED) is 0.439. The van der Waals surface area contributed by atoms with Gasteiger partial charge in [0.1, 0.15) is 11.3 Å². The average Bonchev–Trinajstić information content (AvgIpc) is 2.14. The van der Waals surface area contributed by atoms with Crippen molar-refractivity contribution in [1.82, 2.24) is 0 Å². The maximum Gasteiger partial charge on any atom is 0.432 e. The van der Waals surface area contributed by atoms with E-state index in [2.05, 4.69) is 9.22 Å². The van der Waals surface area contributed by atoms with E-state index >= 15 is 0 Å². The molecule has 1 rings (SSSR count). The molecule has 0 spiro atoms. The van der Waals surface area contributed by atoms with E-state index in [0.717, 1.165) is 0 Å². The van der Waals surface area contributed by atoms with Gasteiger partial charge in [-0.05, 0) is 16.5 Å². The second-order valence-electron chi connectivity index (χ2n) is 2.38. The lowest BCUT2D eigenvalue weighted by molar-refractivity contribution is -0.151. The minimum absolute atomic E-state index is 0.291. The van der Waals surface area contributed by atoms with Crippen LogP contribution in [0.15, 0.2) is 24.3 Å². The van der Waals surface area contributed by atoms with Crippen molar-refractivity contribution < 1.29 is 32.1 Å². The average molecular weight is 234 g/mol. The summed E-state index contributed by atoms with van der Waals surface area (Å²) >= 11 is 0. The number of rotatable bonds is 3. The summed E-state index contributed by atoms with van der Waals surface area (Å²) in [6.45, 7) is 0. The Balaban J connectivity index is 2.75. The molecule has 7 nitrogen and oxygen atoms in total. The Kier molecular flexibility index (Phi) is 3.24. The molecule has 0 aliphatic rings. The second-order valence-corrected chi connectivity index (χ2v) is 3.38. The Bertz CT molecular complexity index is 464. The first kappa shape index (κ1) is 11.4. The molecule has 0 amide bonds. The lowest BCUT2D eigenvalue weighted by atomic mass is 10.2. The smallest absolute Gasteiger partial charge is 0.432 e. The highest BCUT2D eigenvalue weighted by Gasteiger charge is 2.16. The van der Waals surface area contributed by atoms with Gasteiger partial charge >= 0.3 is 16.4 Å². The molecule has 0 saturated carbocycles. The van der Waals surface area contributed by atoms with Crippen LogP contribution in [0.5, 0.6) is 5.75 Å². The van der Waals surface area contributed by atoms with E-state index in [1.54, 1.807) is 0 Å². The first-order chi connectivity index (χ1) is 6.90. The fourth-order valence-electron chi connectivity index (χ4n) is 0.765. The van der Waals surface area contributed by atoms with Crippen molar-refractivity contribution in [3.63, 3.8) is 0 Å². The zero-order valence-corrected chi connectivity index (χ0v) is 7.97. The topological polar surface area (TPSA) is 110 Å². The molecule has 8 heteroatoms. The second kappa shape index (κ2) is 4.26. The highest BCUT2D eigenvalue weighted by molar-refractivity contribution is 7.80. The summed E-state index contributed by atoms with van der Waals surface area (Å²) in [7, 11) is -4.86. The highest BCUT2D eigenvalue weighted by Crippen LogP contribution is 2.16. The molecule has 82 valence electrons. The number of aromatic hydroxyl groups is 1. The molecule has 0 radical (unpaired) electrons. The van der Waals surface area contributed by atoms with Crippen LogP contribution in [0.25, 0.3) is 0 Å². The van der Waals surface area contributed by atoms with Crippen LogP contribution < -0.4 is 0 Å². The van der Waals surface area contributed by atoms with Crippen molar-refractivity contribution in [3.05, 3.63) is 29.8 Å². The largest absolute Gasteiger partial charge is 0.507 e.